The van der Waals surface area contributed by atoms with Crippen LogP contribution in [0.25, 0.3) is 11.0 Å². The van der Waals surface area contributed by atoms with Gasteiger partial charge in [0.2, 0.25) is 5.91 Å². The summed E-state index contributed by atoms with van der Waals surface area (Å²) in [5, 5.41) is 7.19. The highest BCUT2D eigenvalue weighted by Crippen LogP contribution is 2.17. The standard InChI is InChI=1S/C14H11Br2N5O2/c1-20-13-11(12(16)19-20)14(23)21(7-17-13)6-10(22)18-9-4-2-8(15)3-5-9/h2-5,7H,6H2,1H3,(H,18,22). The summed E-state index contributed by atoms with van der Waals surface area (Å²) >= 11 is 6.57. The molecule has 0 unspecified atom stereocenters. The third-order valence-corrected chi connectivity index (χ3v) is 4.29. The Hall–Kier alpha value is -2.00. The van der Waals surface area contributed by atoms with Gasteiger partial charge in [-0.3, -0.25) is 14.2 Å². The molecule has 1 aromatic carbocycles. The molecule has 9 heteroatoms. The van der Waals surface area contributed by atoms with Gasteiger partial charge in [-0.15, -0.1) is 0 Å². The number of fused-ring (bicyclic) bond motifs is 1. The monoisotopic (exact) mass is 439 g/mol. The number of carbonyl (C=O) groups is 1. The first kappa shape index (κ1) is 15.9. The van der Waals surface area contributed by atoms with Gasteiger partial charge in [-0.05, 0) is 40.2 Å². The minimum absolute atomic E-state index is 0.126. The molecule has 0 saturated carbocycles. The average molecular weight is 441 g/mol. The van der Waals surface area contributed by atoms with Crippen LogP contribution in [0.2, 0.25) is 0 Å². The molecule has 0 spiro atoms. The lowest BCUT2D eigenvalue weighted by atomic mass is 10.3. The second kappa shape index (κ2) is 6.25. The quantitative estimate of drug-likeness (QED) is 0.677. The summed E-state index contributed by atoms with van der Waals surface area (Å²) in [6, 6.07) is 7.18. The summed E-state index contributed by atoms with van der Waals surface area (Å²) < 4.78 is 4.09. The predicted molar refractivity (Wildman–Crippen MR) is 93.2 cm³/mol. The number of hydrogen-bond donors (Lipinski definition) is 1. The van der Waals surface area contributed by atoms with Crippen LogP contribution < -0.4 is 10.9 Å². The van der Waals surface area contributed by atoms with Crippen LogP contribution in [0.3, 0.4) is 0 Å². The van der Waals surface area contributed by atoms with Crippen LogP contribution in [-0.4, -0.2) is 25.2 Å². The van der Waals surface area contributed by atoms with Gasteiger partial charge in [0.1, 0.15) is 22.9 Å². The molecular formula is C14H11Br2N5O2. The van der Waals surface area contributed by atoms with Crippen molar-refractivity contribution in [1.29, 1.82) is 0 Å². The second-order valence-electron chi connectivity index (χ2n) is 4.85. The molecular weight excluding hydrogens is 430 g/mol. The summed E-state index contributed by atoms with van der Waals surface area (Å²) in [4.78, 5) is 28.7. The summed E-state index contributed by atoms with van der Waals surface area (Å²) in [6.07, 6.45) is 1.35. The van der Waals surface area contributed by atoms with Crippen molar-refractivity contribution >= 4 is 54.5 Å². The Morgan fingerprint density at radius 2 is 1.96 bits per heavy atom. The maximum atomic E-state index is 12.4. The van der Waals surface area contributed by atoms with E-state index in [1.165, 1.54) is 15.6 Å². The van der Waals surface area contributed by atoms with Crippen LogP contribution in [-0.2, 0) is 18.4 Å². The van der Waals surface area contributed by atoms with E-state index in [4.69, 9.17) is 0 Å². The van der Waals surface area contributed by atoms with Gasteiger partial charge in [-0.1, -0.05) is 15.9 Å². The van der Waals surface area contributed by atoms with Gasteiger partial charge in [-0.25, -0.2) is 9.67 Å². The number of aryl methyl sites for hydroxylation is 1. The van der Waals surface area contributed by atoms with E-state index >= 15 is 0 Å². The smallest absolute Gasteiger partial charge is 0.266 e. The molecule has 0 atom stereocenters. The van der Waals surface area contributed by atoms with Crippen molar-refractivity contribution in [2.24, 2.45) is 7.05 Å². The number of nitrogens with one attached hydrogen (secondary N) is 1. The molecule has 2 aromatic heterocycles. The highest BCUT2D eigenvalue weighted by atomic mass is 79.9. The van der Waals surface area contributed by atoms with E-state index in [0.29, 0.717) is 21.3 Å². The first-order chi connectivity index (χ1) is 11.0. The largest absolute Gasteiger partial charge is 0.325 e. The Morgan fingerprint density at radius 3 is 2.65 bits per heavy atom. The van der Waals surface area contributed by atoms with Crippen LogP contribution in [0.15, 0.2) is 44.5 Å². The molecule has 0 saturated heterocycles. The first-order valence-electron chi connectivity index (χ1n) is 6.59. The SMILES string of the molecule is Cn1nc(Br)c2c(=O)n(CC(=O)Nc3ccc(Br)cc3)cnc21. The Bertz CT molecular complexity index is 946. The highest BCUT2D eigenvalue weighted by Gasteiger charge is 2.15. The molecule has 0 aliphatic heterocycles. The zero-order valence-electron chi connectivity index (χ0n) is 12.0. The Labute approximate surface area is 147 Å². The molecule has 1 amide bonds. The molecule has 0 bridgehead atoms. The lowest BCUT2D eigenvalue weighted by Gasteiger charge is -2.07. The molecule has 3 rings (SSSR count). The molecule has 0 radical (unpaired) electrons. The van der Waals surface area contributed by atoms with E-state index < -0.39 is 0 Å². The molecule has 118 valence electrons. The van der Waals surface area contributed by atoms with E-state index in [9.17, 15) is 9.59 Å². The Balaban J connectivity index is 1.85. The van der Waals surface area contributed by atoms with Crippen LogP contribution in [0.4, 0.5) is 5.69 Å². The number of halogens is 2. The third-order valence-electron chi connectivity index (χ3n) is 3.21. The van der Waals surface area contributed by atoms with Gasteiger partial charge in [0, 0.05) is 17.2 Å². The number of hydrogen-bond acceptors (Lipinski definition) is 4. The van der Waals surface area contributed by atoms with Crippen LogP contribution in [0.5, 0.6) is 0 Å². The molecule has 1 N–H and O–H groups in total. The van der Waals surface area contributed by atoms with Crippen LogP contribution in [0.1, 0.15) is 0 Å². The highest BCUT2D eigenvalue weighted by molar-refractivity contribution is 9.10. The van der Waals surface area contributed by atoms with Crippen molar-refractivity contribution in [2.45, 2.75) is 6.54 Å². The molecule has 0 aliphatic rings. The lowest BCUT2D eigenvalue weighted by molar-refractivity contribution is -0.116. The van der Waals surface area contributed by atoms with E-state index in [2.05, 4.69) is 47.3 Å². The molecule has 2 heterocycles. The third kappa shape index (κ3) is 3.20. The number of amides is 1. The van der Waals surface area contributed by atoms with Crippen molar-refractivity contribution in [3.63, 3.8) is 0 Å². The van der Waals surface area contributed by atoms with Gasteiger partial charge < -0.3 is 5.32 Å². The maximum Gasteiger partial charge on any atom is 0.266 e. The van der Waals surface area contributed by atoms with Crippen molar-refractivity contribution in [2.75, 3.05) is 5.32 Å². The molecule has 23 heavy (non-hydrogen) atoms. The minimum Gasteiger partial charge on any atom is -0.325 e. The fraction of sp³-hybridized carbons (Fsp3) is 0.143. The topological polar surface area (TPSA) is 81.8 Å². The van der Waals surface area contributed by atoms with E-state index in [1.54, 1.807) is 19.2 Å². The molecule has 3 aromatic rings. The van der Waals surface area contributed by atoms with E-state index in [-0.39, 0.29) is 18.0 Å². The lowest BCUT2D eigenvalue weighted by Crippen LogP contribution is -2.28. The van der Waals surface area contributed by atoms with Gasteiger partial charge in [-0.2, -0.15) is 5.10 Å². The van der Waals surface area contributed by atoms with Crippen molar-refractivity contribution in [3.8, 4) is 0 Å². The summed E-state index contributed by atoms with van der Waals surface area (Å²) in [5.41, 5.74) is 0.801. The predicted octanol–water partition coefficient (Wildman–Crippen LogP) is 2.29. The van der Waals surface area contributed by atoms with Crippen LogP contribution >= 0.6 is 31.9 Å². The van der Waals surface area contributed by atoms with E-state index in [1.807, 2.05) is 12.1 Å². The number of benzene rings is 1. The zero-order chi connectivity index (χ0) is 16.6. The zero-order valence-corrected chi connectivity index (χ0v) is 15.1. The Morgan fingerprint density at radius 1 is 1.26 bits per heavy atom. The van der Waals surface area contributed by atoms with Gasteiger partial charge in [0.25, 0.3) is 5.56 Å². The number of aromatic nitrogens is 4. The summed E-state index contributed by atoms with van der Waals surface area (Å²) in [6.45, 7) is -0.126. The van der Waals surface area contributed by atoms with Gasteiger partial charge >= 0.3 is 0 Å². The minimum atomic E-state index is -0.319. The molecule has 0 fully saturated rings. The number of carbonyl (C=O) groups excluding carboxylic acids is 1. The fourth-order valence-corrected chi connectivity index (χ4v) is 2.99. The normalized spacial score (nSPS) is 10.9. The van der Waals surface area contributed by atoms with Crippen LogP contribution in [0, 0.1) is 0 Å². The van der Waals surface area contributed by atoms with Gasteiger partial charge in [0.05, 0.1) is 0 Å². The summed E-state index contributed by atoms with van der Waals surface area (Å²) in [5.74, 6) is -0.310. The maximum absolute atomic E-state index is 12.4. The molecule has 0 aliphatic carbocycles. The number of anilines is 1. The van der Waals surface area contributed by atoms with Gasteiger partial charge in [0.15, 0.2) is 5.65 Å². The number of nitrogens with zero attached hydrogens (tertiary/aromatic N) is 4. The van der Waals surface area contributed by atoms with E-state index in [0.717, 1.165) is 4.47 Å². The van der Waals surface area contributed by atoms with Crippen molar-refractivity contribution < 1.29 is 4.79 Å². The first-order valence-corrected chi connectivity index (χ1v) is 8.17. The van der Waals surface area contributed by atoms with Crippen molar-refractivity contribution in [1.82, 2.24) is 19.3 Å². The average Bonchev–Trinajstić information content (AvgIpc) is 2.79. The Kier molecular flexibility index (Phi) is 4.31. The molecule has 7 nitrogen and oxygen atoms in total. The van der Waals surface area contributed by atoms with Crippen molar-refractivity contribution in [3.05, 3.63) is 50.0 Å². The number of rotatable bonds is 3. The summed E-state index contributed by atoms with van der Waals surface area (Å²) in [7, 11) is 1.70. The second-order valence-corrected chi connectivity index (χ2v) is 6.51. The fourth-order valence-electron chi connectivity index (χ4n) is 2.14.